The number of aliphatic carboxylic acids is 1. The van der Waals surface area contributed by atoms with E-state index in [9.17, 15) is 4.79 Å². The van der Waals surface area contributed by atoms with Crippen molar-refractivity contribution in [3.63, 3.8) is 0 Å². The number of hydrogen-bond donors (Lipinski definition) is 3. The molecule has 0 saturated heterocycles. The normalized spacial score (nSPS) is 20.1. The predicted octanol–water partition coefficient (Wildman–Crippen LogP) is 0.762. The zero-order valence-corrected chi connectivity index (χ0v) is 8.16. The molecule has 0 fully saturated rings. The fourth-order valence-corrected chi connectivity index (χ4v) is 1.60. The fourth-order valence-electron chi connectivity index (χ4n) is 1.60. The number of rotatable bonds is 2. The summed E-state index contributed by atoms with van der Waals surface area (Å²) >= 11 is 0. The fraction of sp³-hybridized carbons (Fsp3) is 0.556. The Bertz CT molecular complexity index is 370. The maximum absolute atomic E-state index is 10.8. The minimum Gasteiger partial charge on any atom is -0.480 e. The van der Waals surface area contributed by atoms with Gasteiger partial charge in [0.05, 0.1) is 11.4 Å². The van der Waals surface area contributed by atoms with Gasteiger partial charge in [-0.2, -0.15) is 0 Å². The van der Waals surface area contributed by atoms with Crippen LogP contribution in [0.4, 0.5) is 0 Å². The molecule has 5 heteroatoms. The average molecular weight is 195 g/mol. The largest absolute Gasteiger partial charge is 0.480 e. The smallest absolute Gasteiger partial charge is 0.327 e. The molecule has 1 aromatic rings. The average Bonchev–Trinajstić information content (AvgIpc) is 2.58. The third-order valence-electron chi connectivity index (χ3n) is 2.38. The molecule has 1 unspecified atom stereocenters. The molecule has 0 spiro atoms. The van der Waals surface area contributed by atoms with Gasteiger partial charge in [-0.25, -0.2) is 4.98 Å². The topological polar surface area (TPSA) is 78.0 Å². The Balaban J connectivity index is 2.35. The van der Waals surface area contributed by atoms with Gasteiger partial charge in [-0.3, -0.25) is 10.1 Å². The van der Waals surface area contributed by atoms with Gasteiger partial charge in [0.2, 0.25) is 0 Å². The first-order valence-electron chi connectivity index (χ1n) is 4.64. The van der Waals surface area contributed by atoms with E-state index in [1.54, 1.807) is 0 Å². The maximum atomic E-state index is 10.8. The summed E-state index contributed by atoms with van der Waals surface area (Å²) in [5, 5.41) is 11.8. The van der Waals surface area contributed by atoms with Crippen LogP contribution >= 0.6 is 0 Å². The molecule has 2 heterocycles. The van der Waals surface area contributed by atoms with Gasteiger partial charge in [-0.1, -0.05) is 13.8 Å². The van der Waals surface area contributed by atoms with Gasteiger partial charge in [0, 0.05) is 12.5 Å². The number of hydrogen-bond acceptors (Lipinski definition) is 3. The van der Waals surface area contributed by atoms with Crippen LogP contribution in [0.3, 0.4) is 0 Å². The molecule has 1 aliphatic rings. The van der Waals surface area contributed by atoms with Crippen LogP contribution in [0.15, 0.2) is 0 Å². The van der Waals surface area contributed by atoms with Crippen molar-refractivity contribution < 1.29 is 9.90 Å². The van der Waals surface area contributed by atoms with Gasteiger partial charge in [-0.05, 0) is 0 Å². The Kier molecular flexibility index (Phi) is 2.03. The number of carboxylic acid groups (broad SMARTS) is 1. The number of nitrogens with one attached hydrogen (secondary N) is 2. The first-order chi connectivity index (χ1) is 6.59. The first kappa shape index (κ1) is 9.21. The van der Waals surface area contributed by atoms with E-state index >= 15 is 0 Å². The number of fused-ring (bicyclic) bond motifs is 1. The molecule has 14 heavy (non-hydrogen) atoms. The van der Waals surface area contributed by atoms with E-state index < -0.39 is 12.0 Å². The third-order valence-corrected chi connectivity index (χ3v) is 2.38. The van der Waals surface area contributed by atoms with Crippen LogP contribution in [0.2, 0.25) is 0 Å². The molecular formula is C9H13N3O2. The summed E-state index contributed by atoms with van der Waals surface area (Å²) in [7, 11) is 0. The minimum absolute atomic E-state index is 0.301. The lowest BCUT2D eigenvalue weighted by atomic mass is 10.2. The molecule has 0 bridgehead atoms. The highest BCUT2D eigenvalue weighted by Crippen LogP contribution is 2.25. The molecule has 1 atom stereocenters. The van der Waals surface area contributed by atoms with E-state index in [0.29, 0.717) is 18.2 Å². The van der Waals surface area contributed by atoms with E-state index in [4.69, 9.17) is 5.11 Å². The van der Waals surface area contributed by atoms with Crippen molar-refractivity contribution in [2.24, 2.45) is 0 Å². The van der Waals surface area contributed by atoms with Crippen molar-refractivity contribution in [3.05, 3.63) is 17.2 Å². The Morgan fingerprint density at radius 1 is 1.64 bits per heavy atom. The molecule has 3 N–H and O–H groups in total. The lowest BCUT2D eigenvalue weighted by Gasteiger charge is -2.04. The number of H-pyrrole nitrogens is 1. The quantitative estimate of drug-likeness (QED) is 0.651. The number of imidazole rings is 1. The monoisotopic (exact) mass is 195 g/mol. The summed E-state index contributed by atoms with van der Waals surface area (Å²) in [6.07, 6.45) is 0. The number of aromatic nitrogens is 2. The van der Waals surface area contributed by atoms with Crippen LogP contribution < -0.4 is 5.32 Å². The highest BCUT2D eigenvalue weighted by atomic mass is 16.4. The lowest BCUT2D eigenvalue weighted by molar-refractivity contribution is -0.139. The summed E-state index contributed by atoms with van der Waals surface area (Å²) in [6, 6.07) is -0.645. The van der Waals surface area contributed by atoms with Crippen LogP contribution in [0.5, 0.6) is 0 Å². The summed E-state index contributed by atoms with van der Waals surface area (Å²) in [5.74, 6) is 0.295. The molecule has 0 saturated carbocycles. The van der Waals surface area contributed by atoms with Crippen LogP contribution in [0, 0.1) is 0 Å². The van der Waals surface area contributed by atoms with Crippen molar-refractivity contribution in [1.29, 1.82) is 0 Å². The van der Waals surface area contributed by atoms with Gasteiger partial charge in [0.15, 0.2) is 6.04 Å². The lowest BCUT2D eigenvalue weighted by Crippen LogP contribution is -2.22. The molecular weight excluding hydrogens is 182 g/mol. The van der Waals surface area contributed by atoms with E-state index in [2.05, 4.69) is 15.3 Å². The molecule has 1 aromatic heterocycles. The molecule has 1 aliphatic heterocycles. The van der Waals surface area contributed by atoms with Crippen molar-refractivity contribution in [2.75, 3.05) is 0 Å². The second-order valence-corrected chi connectivity index (χ2v) is 3.79. The molecule has 2 rings (SSSR count). The van der Waals surface area contributed by atoms with Gasteiger partial charge < -0.3 is 10.1 Å². The summed E-state index contributed by atoms with van der Waals surface area (Å²) in [4.78, 5) is 18.3. The first-order valence-corrected chi connectivity index (χ1v) is 4.64. The van der Waals surface area contributed by atoms with Crippen LogP contribution in [-0.4, -0.2) is 21.0 Å². The Labute approximate surface area is 81.5 Å². The van der Waals surface area contributed by atoms with Crippen LogP contribution in [0.25, 0.3) is 0 Å². The molecule has 76 valence electrons. The molecule has 0 aliphatic carbocycles. The molecule has 0 aromatic carbocycles. The molecule has 0 amide bonds. The Morgan fingerprint density at radius 2 is 2.36 bits per heavy atom. The van der Waals surface area contributed by atoms with Crippen molar-refractivity contribution in [2.45, 2.75) is 32.4 Å². The zero-order valence-electron chi connectivity index (χ0n) is 8.16. The minimum atomic E-state index is -0.870. The van der Waals surface area contributed by atoms with E-state index in [-0.39, 0.29) is 0 Å². The summed E-state index contributed by atoms with van der Waals surface area (Å²) in [5.41, 5.74) is 1.54. The van der Waals surface area contributed by atoms with Crippen LogP contribution in [0.1, 0.15) is 43.0 Å². The van der Waals surface area contributed by atoms with Gasteiger partial charge >= 0.3 is 5.97 Å². The van der Waals surface area contributed by atoms with E-state index in [0.717, 1.165) is 11.5 Å². The summed E-state index contributed by atoms with van der Waals surface area (Å²) in [6.45, 7) is 4.61. The molecule has 0 radical (unpaired) electrons. The number of carbonyl (C=O) groups is 1. The third kappa shape index (κ3) is 1.29. The van der Waals surface area contributed by atoms with Gasteiger partial charge in [-0.15, -0.1) is 0 Å². The summed E-state index contributed by atoms with van der Waals surface area (Å²) < 4.78 is 0. The predicted molar refractivity (Wildman–Crippen MR) is 49.9 cm³/mol. The van der Waals surface area contributed by atoms with Crippen molar-refractivity contribution in [3.8, 4) is 0 Å². The zero-order chi connectivity index (χ0) is 10.3. The van der Waals surface area contributed by atoms with E-state index in [1.165, 1.54) is 0 Å². The number of carboxylic acids is 1. The van der Waals surface area contributed by atoms with Gasteiger partial charge in [0.1, 0.15) is 5.82 Å². The van der Waals surface area contributed by atoms with Crippen LogP contribution in [-0.2, 0) is 11.3 Å². The SMILES string of the molecule is CC(C)c1nc2c([nH]1)CNC2C(=O)O. The van der Waals surface area contributed by atoms with Crippen molar-refractivity contribution >= 4 is 5.97 Å². The highest BCUT2D eigenvalue weighted by Gasteiger charge is 2.31. The second kappa shape index (κ2) is 3.09. The maximum Gasteiger partial charge on any atom is 0.327 e. The standard InChI is InChI=1S/C9H13N3O2/c1-4(2)8-11-5-3-10-7(9(13)14)6(5)12-8/h4,7,10H,3H2,1-2H3,(H,11,12)(H,13,14). The van der Waals surface area contributed by atoms with Crippen molar-refractivity contribution in [1.82, 2.24) is 15.3 Å². The highest BCUT2D eigenvalue weighted by molar-refractivity contribution is 5.76. The second-order valence-electron chi connectivity index (χ2n) is 3.79. The van der Waals surface area contributed by atoms with Gasteiger partial charge in [0.25, 0.3) is 0 Å². The molecule has 5 nitrogen and oxygen atoms in total. The van der Waals surface area contributed by atoms with E-state index in [1.807, 2.05) is 13.8 Å². The number of nitrogens with zero attached hydrogens (tertiary/aromatic N) is 1. The Hall–Kier alpha value is -1.36. The number of aromatic amines is 1. The Morgan fingerprint density at radius 3 is 2.93 bits per heavy atom.